The minimum Gasteiger partial charge on any atom is -0.486 e. The van der Waals surface area contributed by atoms with E-state index < -0.39 is 9.84 Å². The van der Waals surface area contributed by atoms with E-state index >= 15 is 0 Å². The summed E-state index contributed by atoms with van der Waals surface area (Å²) in [7, 11) is -3.04. The predicted molar refractivity (Wildman–Crippen MR) is 105 cm³/mol. The zero-order valence-electron chi connectivity index (χ0n) is 15.1. The van der Waals surface area contributed by atoms with Crippen LogP contribution in [-0.2, 0) is 9.84 Å². The normalized spacial score (nSPS) is 26.1. The van der Waals surface area contributed by atoms with Gasteiger partial charge in [0.15, 0.2) is 26.5 Å². The molecule has 0 aliphatic carbocycles. The molecule has 0 amide bonds. The molecule has 1 aromatic rings. The number of rotatable bonds is 4. The van der Waals surface area contributed by atoms with Crippen LogP contribution in [0.5, 0.6) is 11.5 Å². The molecule has 4 rings (SSSR count). The first-order chi connectivity index (χ1) is 12.4. The summed E-state index contributed by atoms with van der Waals surface area (Å²) in [5, 5.41) is 0.923. The number of ether oxygens (including phenoxy) is 2. The van der Waals surface area contributed by atoms with E-state index in [1.807, 2.05) is 18.2 Å². The first-order valence-electron chi connectivity index (χ1n) is 9.03. The molecule has 0 radical (unpaired) electrons. The molecule has 2 atom stereocenters. The summed E-state index contributed by atoms with van der Waals surface area (Å²) >= 11 is 1.72. The van der Waals surface area contributed by atoms with Gasteiger partial charge in [0.25, 0.3) is 0 Å². The Labute approximate surface area is 158 Å². The summed E-state index contributed by atoms with van der Waals surface area (Å²) in [6, 6.07) is 5.52. The molecule has 1 fully saturated rings. The predicted octanol–water partition coefficient (Wildman–Crippen LogP) is 2.58. The van der Waals surface area contributed by atoms with E-state index in [-0.39, 0.29) is 23.6 Å². The third-order valence-electron chi connectivity index (χ3n) is 4.84. The Morgan fingerprint density at radius 1 is 1.23 bits per heavy atom. The highest BCUT2D eigenvalue weighted by Crippen LogP contribution is 2.40. The molecule has 26 heavy (non-hydrogen) atoms. The lowest BCUT2D eigenvalue weighted by atomic mass is 10.1. The van der Waals surface area contributed by atoms with E-state index in [1.54, 1.807) is 11.8 Å². The van der Waals surface area contributed by atoms with Crippen molar-refractivity contribution in [1.82, 2.24) is 0 Å². The van der Waals surface area contributed by atoms with E-state index in [0.717, 1.165) is 28.8 Å². The molecular weight excluding hydrogens is 372 g/mol. The molecule has 3 aliphatic heterocycles. The van der Waals surface area contributed by atoms with Gasteiger partial charge in [-0.25, -0.2) is 8.42 Å². The molecular formula is C18H24N2O4S2. The fraction of sp³-hybridized carbons (Fsp3) is 0.611. The second kappa shape index (κ2) is 6.96. The Morgan fingerprint density at radius 3 is 2.77 bits per heavy atom. The van der Waals surface area contributed by atoms with E-state index in [2.05, 4.69) is 18.7 Å². The van der Waals surface area contributed by atoms with Crippen molar-refractivity contribution in [2.75, 3.05) is 35.4 Å². The molecule has 3 heterocycles. The number of amidine groups is 1. The van der Waals surface area contributed by atoms with E-state index in [0.29, 0.717) is 24.9 Å². The largest absolute Gasteiger partial charge is 0.486 e. The molecule has 1 aromatic carbocycles. The smallest absolute Gasteiger partial charge is 0.164 e. The Balaban J connectivity index is 1.63. The number of hydrogen-bond acceptors (Lipinski definition) is 7. The van der Waals surface area contributed by atoms with E-state index in [4.69, 9.17) is 14.5 Å². The highest BCUT2D eigenvalue weighted by Gasteiger charge is 2.47. The van der Waals surface area contributed by atoms with Crippen LogP contribution in [0.25, 0.3) is 0 Å². The van der Waals surface area contributed by atoms with Gasteiger partial charge < -0.3 is 14.4 Å². The lowest BCUT2D eigenvalue weighted by Crippen LogP contribution is -2.39. The summed E-state index contributed by atoms with van der Waals surface area (Å²) in [6.45, 7) is 5.49. The Morgan fingerprint density at radius 2 is 2.00 bits per heavy atom. The van der Waals surface area contributed by atoms with Crippen LogP contribution >= 0.6 is 11.8 Å². The number of nitrogens with zero attached hydrogens (tertiary/aromatic N) is 2. The Hall–Kier alpha value is -1.41. The highest BCUT2D eigenvalue weighted by molar-refractivity contribution is 8.14. The number of hydrogen-bond donors (Lipinski definition) is 0. The highest BCUT2D eigenvalue weighted by atomic mass is 32.2. The first kappa shape index (κ1) is 18.0. The van der Waals surface area contributed by atoms with Crippen LogP contribution in [0.3, 0.4) is 0 Å². The molecule has 0 unspecified atom stereocenters. The summed E-state index contributed by atoms with van der Waals surface area (Å²) in [6.07, 6.45) is 1.10. The molecule has 0 spiro atoms. The van der Waals surface area contributed by atoms with Crippen LogP contribution in [-0.4, -0.2) is 56.1 Å². The number of thioether (sulfide) groups is 1. The minimum atomic E-state index is -3.04. The third-order valence-corrected chi connectivity index (χ3v) is 7.54. The van der Waals surface area contributed by atoms with Crippen molar-refractivity contribution >= 4 is 32.5 Å². The number of benzene rings is 1. The number of fused-ring (bicyclic) bond motifs is 2. The summed E-state index contributed by atoms with van der Waals surface area (Å²) < 4.78 is 35.5. The maximum Gasteiger partial charge on any atom is 0.164 e. The Kier molecular flexibility index (Phi) is 4.81. The number of anilines is 1. The van der Waals surface area contributed by atoms with Crippen molar-refractivity contribution in [3.8, 4) is 11.5 Å². The van der Waals surface area contributed by atoms with Gasteiger partial charge in [0.1, 0.15) is 13.2 Å². The van der Waals surface area contributed by atoms with Gasteiger partial charge in [0, 0.05) is 17.5 Å². The Bertz CT molecular complexity index is 822. The molecule has 0 N–H and O–H groups in total. The first-order valence-corrected chi connectivity index (χ1v) is 11.8. The second-order valence-electron chi connectivity index (χ2n) is 7.35. The summed E-state index contributed by atoms with van der Waals surface area (Å²) in [5.74, 6) is 3.36. The van der Waals surface area contributed by atoms with Crippen LogP contribution in [0.2, 0.25) is 0 Å². The average molecular weight is 397 g/mol. The van der Waals surface area contributed by atoms with Crippen LogP contribution in [0.4, 0.5) is 5.69 Å². The fourth-order valence-corrected chi connectivity index (χ4v) is 6.71. The van der Waals surface area contributed by atoms with Crippen molar-refractivity contribution in [1.29, 1.82) is 0 Å². The lowest BCUT2D eigenvalue weighted by molar-refractivity contribution is 0.171. The zero-order chi connectivity index (χ0) is 18.3. The van der Waals surface area contributed by atoms with Gasteiger partial charge in [-0.05, 0) is 24.5 Å². The van der Waals surface area contributed by atoms with Crippen molar-refractivity contribution < 1.29 is 17.9 Å². The molecule has 6 nitrogen and oxygen atoms in total. The molecule has 8 heteroatoms. The molecule has 142 valence electrons. The maximum absolute atomic E-state index is 12.1. The van der Waals surface area contributed by atoms with Crippen LogP contribution in [0.15, 0.2) is 23.2 Å². The molecule has 0 bridgehead atoms. The van der Waals surface area contributed by atoms with Crippen molar-refractivity contribution in [2.24, 2.45) is 10.9 Å². The van der Waals surface area contributed by atoms with Gasteiger partial charge in [0.2, 0.25) is 0 Å². The minimum absolute atomic E-state index is 0.121. The lowest BCUT2D eigenvalue weighted by Gasteiger charge is -2.28. The molecule has 0 saturated carbocycles. The second-order valence-corrected chi connectivity index (χ2v) is 10.6. The monoisotopic (exact) mass is 396 g/mol. The molecule has 1 saturated heterocycles. The topological polar surface area (TPSA) is 68.2 Å². The van der Waals surface area contributed by atoms with Gasteiger partial charge in [-0.15, -0.1) is 0 Å². The van der Waals surface area contributed by atoms with Gasteiger partial charge in [0.05, 0.1) is 23.6 Å². The van der Waals surface area contributed by atoms with Crippen molar-refractivity contribution in [3.05, 3.63) is 18.2 Å². The van der Waals surface area contributed by atoms with Crippen LogP contribution in [0, 0.1) is 5.92 Å². The van der Waals surface area contributed by atoms with E-state index in [1.165, 1.54) is 0 Å². The van der Waals surface area contributed by atoms with Gasteiger partial charge in [-0.3, -0.25) is 4.99 Å². The summed E-state index contributed by atoms with van der Waals surface area (Å²) in [5.41, 5.74) is 0.926. The number of aliphatic imine (C=N–C) groups is 1. The zero-order valence-corrected chi connectivity index (χ0v) is 16.7. The quantitative estimate of drug-likeness (QED) is 0.779. The van der Waals surface area contributed by atoms with Crippen molar-refractivity contribution in [2.45, 2.75) is 32.4 Å². The van der Waals surface area contributed by atoms with Gasteiger partial charge >= 0.3 is 0 Å². The van der Waals surface area contributed by atoms with E-state index in [9.17, 15) is 8.42 Å². The SMILES string of the molecule is CC(C)CCSC1=N[C@@H]2CS(=O)(=O)C[C@@H]2N1c1ccc2c(c1)OCCO2. The van der Waals surface area contributed by atoms with Crippen LogP contribution < -0.4 is 14.4 Å². The van der Waals surface area contributed by atoms with Crippen LogP contribution in [0.1, 0.15) is 20.3 Å². The maximum atomic E-state index is 12.1. The van der Waals surface area contributed by atoms with Crippen molar-refractivity contribution in [3.63, 3.8) is 0 Å². The average Bonchev–Trinajstić information content (AvgIpc) is 3.05. The molecule has 0 aromatic heterocycles. The van der Waals surface area contributed by atoms with Gasteiger partial charge in [-0.2, -0.15) is 0 Å². The summed E-state index contributed by atoms with van der Waals surface area (Å²) in [4.78, 5) is 6.86. The third kappa shape index (κ3) is 3.53. The van der Waals surface area contributed by atoms with Gasteiger partial charge in [-0.1, -0.05) is 25.6 Å². The standard InChI is InChI=1S/C18H24N2O4S2/c1-12(2)5-8-25-18-19-14-10-26(21,22)11-15(14)20(18)13-3-4-16-17(9-13)24-7-6-23-16/h3-4,9,12,14-15H,5-8,10-11H2,1-2H3/t14-,15+/m1/s1. The molecule has 3 aliphatic rings. The fourth-order valence-electron chi connectivity index (χ4n) is 3.50. The number of sulfone groups is 1.